The summed E-state index contributed by atoms with van der Waals surface area (Å²) in [6.07, 6.45) is 0. The Balaban J connectivity index is 2.02. The summed E-state index contributed by atoms with van der Waals surface area (Å²) in [7, 11) is 2.05. The molecule has 74 valence electrons. The van der Waals surface area contributed by atoms with Crippen molar-refractivity contribution in [2.45, 2.75) is 6.54 Å². The molecule has 0 saturated carbocycles. The standard InChI is InChI=1S/C11H14N2S/c1-12-7-8-13(11(12)14)9-10-5-3-2-4-6-10/h2-6H,7-9H2,1H3. The van der Waals surface area contributed by atoms with E-state index in [4.69, 9.17) is 12.2 Å². The number of likely N-dealkylation sites (N-methyl/N-ethyl adjacent to an activating group) is 1. The Hall–Kier alpha value is -1.09. The predicted molar refractivity (Wildman–Crippen MR) is 62.1 cm³/mol. The van der Waals surface area contributed by atoms with Gasteiger partial charge in [-0.2, -0.15) is 0 Å². The van der Waals surface area contributed by atoms with Crippen LogP contribution < -0.4 is 0 Å². The van der Waals surface area contributed by atoms with Crippen LogP contribution in [0.25, 0.3) is 0 Å². The molecule has 0 radical (unpaired) electrons. The van der Waals surface area contributed by atoms with Gasteiger partial charge in [-0.15, -0.1) is 0 Å². The normalized spacial score (nSPS) is 16.5. The maximum absolute atomic E-state index is 5.31. The fourth-order valence-electron chi connectivity index (χ4n) is 1.65. The van der Waals surface area contributed by atoms with Crippen LogP contribution in [0.3, 0.4) is 0 Å². The molecule has 0 amide bonds. The molecule has 1 aromatic rings. The Morgan fingerprint density at radius 2 is 1.93 bits per heavy atom. The van der Waals surface area contributed by atoms with Crippen molar-refractivity contribution in [1.29, 1.82) is 0 Å². The molecular formula is C11H14N2S. The molecule has 0 aliphatic carbocycles. The molecule has 0 aromatic heterocycles. The largest absolute Gasteiger partial charge is 0.350 e. The van der Waals surface area contributed by atoms with Crippen molar-refractivity contribution < 1.29 is 0 Å². The molecule has 3 heteroatoms. The van der Waals surface area contributed by atoms with E-state index in [0.29, 0.717) is 0 Å². The molecule has 0 N–H and O–H groups in total. The van der Waals surface area contributed by atoms with Crippen LogP contribution in [-0.2, 0) is 6.54 Å². The highest BCUT2D eigenvalue weighted by Crippen LogP contribution is 2.11. The van der Waals surface area contributed by atoms with E-state index in [1.807, 2.05) is 13.1 Å². The summed E-state index contributed by atoms with van der Waals surface area (Å²) in [6.45, 7) is 3.03. The molecule has 1 aliphatic rings. The Bertz CT molecular complexity index is 323. The Morgan fingerprint density at radius 1 is 1.21 bits per heavy atom. The van der Waals surface area contributed by atoms with E-state index in [0.717, 1.165) is 24.7 Å². The number of hydrogen-bond acceptors (Lipinski definition) is 1. The molecule has 14 heavy (non-hydrogen) atoms. The summed E-state index contributed by atoms with van der Waals surface area (Å²) in [5.41, 5.74) is 1.32. The maximum Gasteiger partial charge on any atom is 0.171 e. The second-order valence-corrected chi connectivity index (χ2v) is 3.98. The van der Waals surface area contributed by atoms with Crippen molar-refractivity contribution in [3.05, 3.63) is 35.9 Å². The number of hydrogen-bond donors (Lipinski definition) is 0. The van der Waals surface area contributed by atoms with Gasteiger partial charge in [-0.05, 0) is 17.8 Å². The van der Waals surface area contributed by atoms with Crippen molar-refractivity contribution in [1.82, 2.24) is 9.80 Å². The zero-order valence-corrected chi connectivity index (χ0v) is 9.13. The van der Waals surface area contributed by atoms with Gasteiger partial charge in [0.2, 0.25) is 0 Å². The highest BCUT2D eigenvalue weighted by Gasteiger charge is 2.20. The average Bonchev–Trinajstić information content (AvgIpc) is 2.52. The van der Waals surface area contributed by atoms with E-state index in [1.165, 1.54) is 5.56 Å². The van der Waals surface area contributed by atoms with Gasteiger partial charge < -0.3 is 9.80 Å². The Kier molecular flexibility index (Phi) is 2.68. The quantitative estimate of drug-likeness (QED) is 0.680. The molecule has 0 bridgehead atoms. The Labute approximate surface area is 90.1 Å². The monoisotopic (exact) mass is 206 g/mol. The number of rotatable bonds is 2. The van der Waals surface area contributed by atoms with Gasteiger partial charge >= 0.3 is 0 Å². The molecule has 2 nitrogen and oxygen atoms in total. The number of benzene rings is 1. The summed E-state index contributed by atoms with van der Waals surface area (Å²) >= 11 is 5.31. The predicted octanol–water partition coefficient (Wildman–Crippen LogP) is 1.72. The molecule has 1 aliphatic heterocycles. The summed E-state index contributed by atoms with van der Waals surface area (Å²) in [5.74, 6) is 0. The summed E-state index contributed by atoms with van der Waals surface area (Å²) < 4.78 is 0. The molecule has 1 saturated heterocycles. The topological polar surface area (TPSA) is 6.48 Å². The molecule has 1 aromatic carbocycles. The SMILES string of the molecule is CN1CCN(Cc2ccccc2)C1=S. The third-order valence-electron chi connectivity index (χ3n) is 2.52. The van der Waals surface area contributed by atoms with E-state index in [2.05, 4.69) is 34.1 Å². The minimum atomic E-state index is 0.935. The van der Waals surface area contributed by atoms with Crippen molar-refractivity contribution in [3.63, 3.8) is 0 Å². The van der Waals surface area contributed by atoms with Crippen LogP contribution in [-0.4, -0.2) is 35.0 Å². The summed E-state index contributed by atoms with van der Waals surface area (Å²) in [4.78, 5) is 4.36. The second kappa shape index (κ2) is 3.96. The summed E-state index contributed by atoms with van der Waals surface area (Å²) in [5, 5.41) is 0.967. The zero-order valence-electron chi connectivity index (χ0n) is 8.31. The van der Waals surface area contributed by atoms with E-state index < -0.39 is 0 Å². The van der Waals surface area contributed by atoms with Gasteiger partial charge in [0, 0.05) is 26.7 Å². The minimum absolute atomic E-state index is 0.935. The molecule has 2 rings (SSSR count). The average molecular weight is 206 g/mol. The lowest BCUT2D eigenvalue weighted by Gasteiger charge is -2.18. The van der Waals surface area contributed by atoms with E-state index >= 15 is 0 Å². The molecule has 1 heterocycles. The first-order valence-electron chi connectivity index (χ1n) is 4.81. The first-order chi connectivity index (χ1) is 6.77. The molecule has 1 fully saturated rings. The fraction of sp³-hybridized carbons (Fsp3) is 0.364. The van der Waals surface area contributed by atoms with E-state index in [9.17, 15) is 0 Å². The van der Waals surface area contributed by atoms with Gasteiger partial charge in [0.25, 0.3) is 0 Å². The first-order valence-corrected chi connectivity index (χ1v) is 5.22. The van der Waals surface area contributed by atoms with Crippen LogP contribution in [0.5, 0.6) is 0 Å². The lowest BCUT2D eigenvalue weighted by atomic mass is 10.2. The van der Waals surface area contributed by atoms with Gasteiger partial charge in [0.1, 0.15) is 0 Å². The van der Waals surface area contributed by atoms with Crippen LogP contribution in [0.1, 0.15) is 5.56 Å². The van der Waals surface area contributed by atoms with Crippen molar-refractivity contribution >= 4 is 17.3 Å². The highest BCUT2D eigenvalue weighted by atomic mass is 32.1. The highest BCUT2D eigenvalue weighted by molar-refractivity contribution is 7.80. The van der Waals surface area contributed by atoms with Crippen LogP contribution in [0, 0.1) is 0 Å². The number of nitrogens with zero attached hydrogens (tertiary/aromatic N) is 2. The molecular weight excluding hydrogens is 192 g/mol. The van der Waals surface area contributed by atoms with Gasteiger partial charge in [0.05, 0.1) is 0 Å². The van der Waals surface area contributed by atoms with Crippen LogP contribution in [0.2, 0.25) is 0 Å². The van der Waals surface area contributed by atoms with Crippen LogP contribution >= 0.6 is 12.2 Å². The van der Waals surface area contributed by atoms with Crippen molar-refractivity contribution in [3.8, 4) is 0 Å². The minimum Gasteiger partial charge on any atom is -0.350 e. The lowest BCUT2D eigenvalue weighted by molar-refractivity contribution is 0.463. The van der Waals surface area contributed by atoms with Crippen molar-refractivity contribution in [2.75, 3.05) is 20.1 Å². The van der Waals surface area contributed by atoms with E-state index in [-0.39, 0.29) is 0 Å². The van der Waals surface area contributed by atoms with Crippen molar-refractivity contribution in [2.24, 2.45) is 0 Å². The van der Waals surface area contributed by atoms with Gasteiger partial charge in [-0.1, -0.05) is 30.3 Å². The lowest BCUT2D eigenvalue weighted by Crippen LogP contribution is -2.28. The van der Waals surface area contributed by atoms with E-state index in [1.54, 1.807) is 0 Å². The van der Waals surface area contributed by atoms with Crippen LogP contribution in [0.15, 0.2) is 30.3 Å². The molecule has 0 unspecified atom stereocenters. The Morgan fingerprint density at radius 3 is 2.50 bits per heavy atom. The van der Waals surface area contributed by atoms with Crippen LogP contribution in [0.4, 0.5) is 0 Å². The van der Waals surface area contributed by atoms with Gasteiger partial charge in [-0.3, -0.25) is 0 Å². The fourth-order valence-corrected chi connectivity index (χ4v) is 1.90. The first kappa shape index (κ1) is 9.46. The summed E-state index contributed by atoms with van der Waals surface area (Å²) in [6, 6.07) is 10.5. The third kappa shape index (κ3) is 1.87. The third-order valence-corrected chi connectivity index (χ3v) is 3.09. The zero-order chi connectivity index (χ0) is 9.97. The van der Waals surface area contributed by atoms with Gasteiger partial charge in [-0.25, -0.2) is 0 Å². The van der Waals surface area contributed by atoms with Gasteiger partial charge in [0.15, 0.2) is 5.11 Å². The molecule has 0 atom stereocenters. The smallest absolute Gasteiger partial charge is 0.171 e. The maximum atomic E-state index is 5.31. The number of thiocarbonyl (C=S) groups is 1. The molecule has 0 spiro atoms. The second-order valence-electron chi connectivity index (χ2n) is 3.61.